The molecule has 1 atom stereocenters. The van der Waals surface area contributed by atoms with Crippen molar-refractivity contribution in [3.05, 3.63) is 24.3 Å². The number of aromatic nitrogens is 2. The summed E-state index contributed by atoms with van der Waals surface area (Å²) in [4.78, 5) is 15.8. The van der Waals surface area contributed by atoms with Gasteiger partial charge in [0.25, 0.3) is 0 Å². The lowest BCUT2D eigenvalue weighted by Crippen LogP contribution is -2.35. The number of rotatable bonds is 7. The van der Waals surface area contributed by atoms with Crippen LogP contribution in [-0.4, -0.2) is 35.8 Å². The molecule has 7 heteroatoms. The van der Waals surface area contributed by atoms with Crippen molar-refractivity contribution >= 4 is 5.91 Å². The van der Waals surface area contributed by atoms with Gasteiger partial charge in [-0.25, -0.2) is 0 Å². The summed E-state index contributed by atoms with van der Waals surface area (Å²) in [6.45, 7) is 2.36. The normalized spacial score (nSPS) is 12.3. The van der Waals surface area contributed by atoms with Crippen LogP contribution in [0.3, 0.4) is 0 Å². The molecule has 0 aromatic carbocycles. The second-order valence-corrected chi connectivity index (χ2v) is 4.41. The monoisotopic (exact) mass is 279 g/mol. The molecule has 2 heterocycles. The smallest absolute Gasteiger partial charge is 0.238 e. The summed E-state index contributed by atoms with van der Waals surface area (Å²) in [7, 11) is 1.59. The van der Waals surface area contributed by atoms with E-state index in [1.165, 1.54) is 6.26 Å². The van der Waals surface area contributed by atoms with E-state index in [1.807, 2.05) is 6.92 Å². The van der Waals surface area contributed by atoms with Crippen LogP contribution in [0.5, 0.6) is 0 Å². The standard InChI is InChI=1S/C13H17N3O4/c1-9(8-18-2)14-11(17)5-6-12-15-13(16-20-12)10-4-3-7-19-10/h3-4,7,9H,5-6,8H2,1-2H3,(H,14,17). The first-order chi connectivity index (χ1) is 9.69. The predicted octanol–water partition coefficient (Wildman–Crippen LogP) is 1.41. The number of nitrogens with one attached hydrogen (secondary N) is 1. The molecule has 0 saturated heterocycles. The largest absolute Gasteiger partial charge is 0.461 e. The van der Waals surface area contributed by atoms with E-state index in [9.17, 15) is 4.79 Å². The number of amides is 1. The van der Waals surface area contributed by atoms with Crippen LogP contribution < -0.4 is 5.32 Å². The Bertz CT molecular complexity index is 536. The molecule has 0 spiro atoms. The summed E-state index contributed by atoms with van der Waals surface area (Å²) in [6, 6.07) is 3.47. The summed E-state index contributed by atoms with van der Waals surface area (Å²) in [5.41, 5.74) is 0. The van der Waals surface area contributed by atoms with E-state index in [2.05, 4.69) is 15.5 Å². The molecular weight excluding hydrogens is 262 g/mol. The minimum Gasteiger partial charge on any atom is -0.461 e. The third-order valence-corrected chi connectivity index (χ3v) is 2.60. The molecule has 108 valence electrons. The molecule has 1 N–H and O–H groups in total. The molecule has 20 heavy (non-hydrogen) atoms. The summed E-state index contributed by atoms with van der Waals surface area (Å²) in [5.74, 6) is 1.26. The number of methoxy groups -OCH3 is 1. The van der Waals surface area contributed by atoms with Crippen LogP contribution in [-0.2, 0) is 16.0 Å². The van der Waals surface area contributed by atoms with Crippen molar-refractivity contribution in [2.45, 2.75) is 25.8 Å². The first-order valence-corrected chi connectivity index (χ1v) is 6.34. The third kappa shape index (κ3) is 3.92. The average Bonchev–Trinajstić information content (AvgIpc) is 3.07. The van der Waals surface area contributed by atoms with Gasteiger partial charge in [0, 0.05) is 26.0 Å². The first kappa shape index (κ1) is 14.3. The lowest BCUT2D eigenvalue weighted by atomic mass is 10.2. The molecule has 2 rings (SSSR count). The summed E-state index contributed by atoms with van der Waals surface area (Å²) >= 11 is 0. The van der Waals surface area contributed by atoms with E-state index in [4.69, 9.17) is 13.7 Å². The van der Waals surface area contributed by atoms with Gasteiger partial charge in [-0.1, -0.05) is 5.16 Å². The van der Waals surface area contributed by atoms with Gasteiger partial charge in [-0.05, 0) is 19.1 Å². The van der Waals surface area contributed by atoms with Gasteiger partial charge in [0.2, 0.25) is 17.6 Å². The predicted molar refractivity (Wildman–Crippen MR) is 69.8 cm³/mol. The minimum atomic E-state index is -0.0766. The maximum atomic E-state index is 11.7. The molecule has 0 aliphatic carbocycles. The fraction of sp³-hybridized carbons (Fsp3) is 0.462. The zero-order valence-electron chi connectivity index (χ0n) is 11.5. The Morgan fingerprint density at radius 2 is 2.40 bits per heavy atom. The van der Waals surface area contributed by atoms with Gasteiger partial charge in [-0.2, -0.15) is 4.98 Å². The zero-order valence-corrected chi connectivity index (χ0v) is 11.5. The van der Waals surface area contributed by atoms with E-state index < -0.39 is 0 Å². The molecule has 0 aliphatic heterocycles. The van der Waals surface area contributed by atoms with E-state index in [-0.39, 0.29) is 18.4 Å². The number of furan rings is 1. The van der Waals surface area contributed by atoms with Crippen LogP contribution in [0.15, 0.2) is 27.3 Å². The molecule has 0 radical (unpaired) electrons. The lowest BCUT2D eigenvalue weighted by molar-refractivity contribution is -0.122. The fourth-order valence-corrected chi connectivity index (χ4v) is 1.72. The van der Waals surface area contributed by atoms with Crippen molar-refractivity contribution in [2.24, 2.45) is 0 Å². The third-order valence-electron chi connectivity index (χ3n) is 2.60. The Morgan fingerprint density at radius 1 is 1.55 bits per heavy atom. The number of carbonyl (C=O) groups excluding carboxylic acids is 1. The number of hydrogen-bond acceptors (Lipinski definition) is 6. The maximum Gasteiger partial charge on any atom is 0.238 e. The number of ether oxygens (including phenoxy) is 1. The van der Waals surface area contributed by atoms with E-state index in [0.29, 0.717) is 30.5 Å². The van der Waals surface area contributed by atoms with Gasteiger partial charge >= 0.3 is 0 Å². The Balaban J connectivity index is 1.81. The second kappa shape index (κ2) is 6.85. The lowest BCUT2D eigenvalue weighted by Gasteiger charge is -2.11. The topological polar surface area (TPSA) is 90.4 Å². The van der Waals surface area contributed by atoms with E-state index in [1.54, 1.807) is 19.2 Å². The van der Waals surface area contributed by atoms with Crippen LogP contribution in [0.25, 0.3) is 11.6 Å². The highest BCUT2D eigenvalue weighted by Gasteiger charge is 2.13. The molecule has 0 aliphatic rings. The van der Waals surface area contributed by atoms with Crippen molar-refractivity contribution in [1.29, 1.82) is 0 Å². The van der Waals surface area contributed by atoms with E-state index in [0.717, 1.165) is 0 Å². The van der Waals surface area contributed by atoms with Crippen molar-refractivity contribution in [1.82, 2.24) is 15.5 Å². The Morgan fingerprint density at radius 3 is 3.10 bits per heavy atom. The van der Waals surface area contributed by atoms with Gasteiger partial charge in [0.15, 0.2) is 5.76 Å². The summed E-state index contributed by atoms with van der Waals surface area (Å²) < 4.78 is 15.2. The van der Waals surface area contributed by atoms with Crippen LogP contribution in [0.4, 0.5) is 0 Å². The molecule has 0 bridgehead atoms. The van der Waals surface area contributed by atoms with Crippen LogP contribution in [0.2, 0.25) is 0 Å². The highest BCUT2D eigenvalue weighted by atomic mass is 16.5. The van der Waals surface area contributed by atoms with Crippen LogP contribution in [0, 0.1) is 0 Å². The molecule has 1 unspecified atom stereocenters. The number of aryl methyl sites for hydroxylation is 1. The molecule has 7 nitrogen and oxygen atoms in total. The minimum absolute atomic E-state index is 0.0196. The van der Waals surface area contributed by atoms with Gasteiger partial charge in [-0.15, -0.1) is 0 Å². The van der Waals surface area contributed by atoms with Crippen molar-refractivity contribution < 1.29 is 18.5 Å². The number of carbonyl (C=O) groups is 1. The van der Waals surface area contributed by atoms with Gasteiger partial charge in [-0.3, -0.25) is 4.79 Å². The molecular formula is C13H17N3O4. The highest BCUT2D eigenvalue weighted by molar-refractivity contribution is 5.76. The first-order valence-electron chi connectivity index (χ1n) is 6.34. The molecule has 2 aromatic heterocycles. The van der Waals surface area contributed by atoms with Crippen molar-refractivity contribution in [3.8, 4) is 11.6 Å². The highest BCUT2D eigenvalue weighted by Crippen LogP contribution is 2.16. The van der Waals surface area contributed by atoms with Crippen LogP contribution in [0.1, 0.15) is 19.2 Å². The molecule has 2 aromatic rings. The van der Waals surface area contributed by atoms with Crippen LogP contribution >= 0.6 is 0 Å². The summed E-state index contributed by atoms with van der Waals surface area (Å²) in [5, 5.41) is 6.61. The summed E-state index contributed by atoms with van der Waals surface area (Å²) in [6.07, 6.45) is 2.21. The van der Waals surface area contributed by atoms with Crippen molar-refractivity contribution in [3.63, 3.8) is 0 Å². The van der Waals surface area contributed by atoms with Gasteiger partial charge in [0.05, 0.1) is 12.9 Å². The van der Waals surface area contributed by atoms with Gasteiger partial charge in [0.1, 0.15) is 0 Å². The number of nitrogens with zero attached hydrogens (tertiary/aromatic N) is 2. The van der Waals surface area contributed by atoms with E-state index >= 15 is 0 Å². The number of hydrogen-bond donors (Lipinski definition) is 1. The maximum absolute atomic E-state index is 11.7. The molecule has 0 fully saturated rings. The van der Waals surface area contributed by atoms with Gasteiger partial charge < -0.3 is 19.0 Å². The molecule has 1 amide bonds. The fourth-order valence-electron chi connectivity index (χ4n) is 1.72. The second-order valence-electron chi connectivity index (χ2n) is 4.41. The SMILES string of the molecule is COCC(C)NC(=O)CCc1nc(-c2ccco2)no1. The van der Waals surface area contributed by atoms with Crippen molar-refractivity contribution in [2.75, 3.05) is 13.7 Å². The Hall–Kier alpha value is -2.15. The quantitative estimate of drug-likeness (QED) is 0.824. The average molecular weight is 279 g/mol. The Labute approximate surface area is 116 Å². The Kier molecular flexibility index (Phi) is 4.89. The zero-order chi connectivity index (χ0) is 14.4. The molecule has 0 saturated carbocycles.